The van der Waals surface area contributed by atoms with E-state index in [1.165, 1.54) is 18.4 Å². The Labute approximate surface area is 200 Å². The van der Waals surface area contributed by atoms with Crippen LogP contribution in [0.3, 0.4) is 0 Å². The van der Waals surface area contributed by atoms with Crippen LogP contribution in [-0.4, -0.2) is 24.0 Å². The number of carbonyl (C=O) groups excluding carboxylic acids is 2. The van der Waals surface area contributed by atoms with Crippen LogP contribution >= 0.6 is 39.5 Å². The maximum absolute atomic E-state index is 12.7. The molecule has 9 heteroatoms. The number of thiocarbonyl (C=S) groups is 1. The van der Waals surface area contributed by atoms with Gasteiger partial charge in [0.15, 0.2) is 5.11 Å². The Morgan fingerprint density at radius 2 is 2.03 bits per heavy atom. The van der Waals surface area contributed by atoms with Crippen LogP contribution in [0, 0.1) is 11.3 Å². The number of ether oxygens (including phenoxy) is 1. The third-order valence-electron chi connectivity index (χ3n) is 5.60. The lowest BCUT2D eigenvalue weighted by Crippen LogP contribution is -2.34. The normalized spacial score (nSPS) is 15.7. The number of hydrogen-bond donors (Lipinski definition) is 3. The van der Waals surface area contributed by atoms with E-state index in [-0.39, 0.29) is 10.5 Å². The molecule has 1 aromatic heterocycles. The van der Waals surface area contributed by atoms with Gasteiger partial charge in [0.2, 0.25) is 0 Å². The molecule has 0 aliphatic heterocycles. The fourth-order valence-corrected chi connectivity index (χ4v) is 5.79. The highest BCUT2D eigenvalue weighted by Crippen LogP contribution is 2.44. The number of primary amides is 1. The van der Waals surface area contributed by atoms with Gasteiger partial charge >= 0.3 is 0 Å². The molecule has 0 bridgehead atoms. The van der Waals surface area contributed by atoms with Gasteiger partial charge in [0.25, 0.3) is 11.8 Å². The molecule has 6 nitrogen and oxygen atoms in total. The van der Waals surface area contributed by atoms with Crippen LogP contribution in [0.2, 0.25) is 0 Å². The minimum Gasteiger partial charge on any atom is -0.496 e. The van der Waals surface area contributed by atoms with Crippen molar-refractivity contribution in [3.05, 3.63) is 44.2 Å². The zero-order valence-electron chi connectivity index (χ0n) is 17.9. The summed E-state index contributed by atoms with van der Waals surface area (Å²) in [4.78, 5) is 26.1. The standard InChI is InChI=1S/C22H26BrN3O3S2/c1-22(2,3)11-5-7-13-16(9-11)31-20(17(13)18(24)27)26-21(30)25-19(28)14-10-12(23)6-8-15(14)29-4/h6,8,10-11H,5,7,9H2,1-4H3,(H2,24,27)(H2,25,26,28,30). The van der Waals surface area contributed by atoms with Gasteiger partial charge in [0.1, 0.15) is 10.8 Å². The number of anilines is 1. The van der Waals surface area contributed by atoms with E-state index in [4.69, 9.17) is 22.7 Å². The smallest absolute Gasteiger partial charge is 0.261 e. The summed E-state index contributed by atoms with van der Waals surface area (Å²) in [6, 6.07) is 5.13. The first-order valence-corrected chi connectivity index (χ1v) is 11.9. The number of nitrogens with one attached hydrogen (secondary N) is 2. The summed E-state index contributed by atoms with van der Waals surface area (Å²) < 4.78 is 6.00. The van der Waals surface area contributed by atoms with E-state index in [0.29, 0.717) is 27.8 Å². The van der Waals surface area contributed by atoms with E-state index < -0.39 is 11.8 Å². The van der Waals surface area contributed by atoms with Crippen molar-refractivity contribution in [3.8, 4) is 5.75 Å². The molecule has 1 aliphatic rings. The molecule has 31 heavy (non-hydrogen) atoms. The molecular formula is C22H26BrN3O3S2. The lowest BCUT2D eigenvalue weighted by atomic mass is 9.72. The van der Waals surface area contributed by atoms with Gasteiger partial charge in [-0.05, 0) is 66.6 Å². The summed E-state index contributed by atoms with van der Waals surface area (Å²) in [5.74, 6) is 0.0615. The van der Waals surface area contributed by atoms with Gasteiger partial charge in [-0.2, -0.15) is 0 Å². The zero-order valence-corrected chi connectivity index (χ0v) is 21.1. The van der Waals surface area contributed by atoms with Crippen molar-refractivity contribution in [1.82, 2.24) is 5.32 Å². The second-order valence-electron chi connectivity index (χ2n) is 8.63. The van der Waals surface area contributed by atoms with Crippen LogP contribution in [0.1, 0.15) is 58.3 Å². The molecule has 2 amide bonds. The van der Waals surface area contributed by atoms with Crippen LogP contribution in [0.4, 0.5) is 5.00 Å². The Hall–Kier alpha value is -1.97. The second-order valence-corrected chi connectivity index (χ2v) is 11.1. The lowest BCUT2D eigenvalue weighted by Gasteiger charge is -2.33. The highest BCUT2D eigenvalue weighted by Gasteiger charge is 2.33. The summed E-state index contributed by atoms with van der Waals surface area (Å²) in [5, 5.41) is 6.36. The fourth-order valence-electron chi connectivity index (χ4n) is 3.84. The van der Waals surface area contributed by atoms with Gasteiger partial charge in [0.05, 0.1) is 18.2 Å². The molecule has 3 rings (SSSR count). The van der Waals surface area contributed by atoms with Crippen LogP contribution < -0.4 is 21.1 Å². The molecule has 1 unspecified atom stereocenters. The summed E-state index contributed by atoms with van der Waals surface area (Å²) in [6.07, 6.45) is 2.72. The average molecular weight is 525 g/mol. The predicted octanol–water partition coefficient (Wildman–Crippen LogP) is 4.90. The number of nitrogens with two attached hydrogens (primary N) is 1. The van der Waals surface area contributed by atoms with Crippen LogP contribution in [0.5, 0.6) is 5.75 Å². The van der Waals surface area contributed by atoms with Crippen LogP contribution in [0.25, 0.3) is 0 Å². The molecule has 2 aromatic rings. The molecule has 1 heterocycles. The first-order chi connectivity index (χ1) is 14.5. The molecule has 1 aliphatic carbocycles. The van der Waals surface area contributed by atoms with E-state index in [1.54, 1.807) is 18.2 Å². The van der Waals surface area contributed by atoms with Gasteiger partial charge in [-0.25, -0.2) is 0 Å². The number of fused-ring (bicyclic) bond motifs is 1. The van der Waals surface area contributed by atoms with Crippen molar-refractivity contribution >= 4 is 61.4 Å². The Bertz CT molecular complexity index is 1040. The number of methoxy groups -OCH3 is 1. The lowest BCUT2D eigenvalue weighted by molar-refractivity contribution is 0.0972. The maximum atomic E-state index is 12.7. The van der Waals surface area contributed by atoms with Crippen molar-refractivity contribution in [2.75, 3.05) is 12.4 Å². The summed E-state index contributed by atoms with van der Waals surface area (Å²) in [6.45, 7) is 6.72. The molecule has 0 spiro atoms. The third kappa shape index (κ3) is 5.27. The minimum absolute atomic E-state index is 0.0977. The average Bonchev–Trinajstić information content (AvgIpc) is 3.04. The number of halogens is 1. The van der Waals surface area contributed by atoms with E-state index in [9.17, 15) is 9.59 Å². The number of carbonyl (C=O) groups is 2. The van der Waals surface area contributed by atoms with Crippen molar-refractivity contribution in [2.24, 2.45) is 17.1 Å². The highest BCUT2D eigenvalue weighted by molar-refractivity contribution is 9.10. The van der Waals surface area contributed by atoms with Crippen molar-refractivity contribution in [3.63, 3.8) is 0 Å². The minimum atomic E-state index is -0.489. The van der Waals surface area contributed by atoms with Crippen molar-refractivity contribution in [2.45, 2.75) is 40.0 Å². The summed E-state index contributed by atoms with van der Waals surface area (Å²) in [7, 11) is 1.50. The number of thiophene rings is 1. The molecule has 1 aromatic carbocycles. The number of benzene rings is 1. The Morgan fingerprint density at radius 3 is 2.65 bits per heavy atom. The van der Waals surface area contributed by atoms with Gasteiger partial charge in [0, 0.05) is 9.35 Å². The topological polar surface area (TPSA) is 93.4 Å². The molecule has 1 atom stereocenters. The zero-order chi connectivity index (χ0) is 22.9. The SMILES string of the molecule is COc1ccc(Br)cc1C(=O)NC(=S)Nc1sc2c(c1C(N)=O)CCC(C(C)(C)C)C2. The largest absolute Gasteiger partial charge is 0.496 e. The van der Waals surface area contributed by atoms with Gasteiger partial charge in [-0.3, -0.25) is 14.9 Å². The first kappa shape index (κ1) is 23.7. The molecular weight excluding hydrogens is 498 g/mol. The Kier molecular flexibility index (Phi) is 7.08. The molecule has 0 fully saturated rings. The number of rotatable bonds is 4. The predicted molar refractivity (Wildman–Crippen MR) is 132 cm³/mol. The highest BCUT2D eigenvalue weighted by atomic mass is 79.9. The Balaban J connectivity index is 1.81. The number of hydrogen-bond acceptors (Lipinski definition) is 5. The maximum Gasteiger partial charge on any atom is 0.261 e. The second kappa shape index (κ2) is 9.26. The van der Waals surface area contributed by atoms with Crippen molar-refractivity contribution < 1.29 is 14.3 Å². The molecule has 166 valence electrons. The van der Waals surface area contributed by atoms with Crippen LogP contribution in [0.15, 0.2) is 22.7 Å². The van der Waals surface area contributed by atoms with Gasteiger partial charge in [-0.15, -0.1) is 11.3 Å². The van der Waals surface area contributed by atoms with E-state index in [1.807, 2.05) is 0 Å². The van der Waals surface area contributed by atoms with E-state index in [2.05, 4.69) is 47.3 Å². The summed E-state index contributed by atoms with van der Waals surface area (Å²) in [5.41, 5.74) is 7.71. The molecule has 0 saturated carbocycles. The quantitative estimate of drug-likeness (QED) is 0.495. The molecule has 0 saturated heterocycles. The van der Waals surface area contributed by atoms with Gasteiger partial charge < -0.3 is 15.8 Å². The van der Waals surface area contributed by atoms with E-state index in [0.717, 1.165) is 34.2 Å². The molecule has 0 radical (unpaired) electrons. The molecule has 4 N–H and O–H groups in total. The Morgan fingerprint density at radius 1 is 1.32 bits per heavy atom. The van der Waals surface area contributed by atoms with E-state index >= 15 is 0 Å². The number of amides is 2. The van der Waals surface area contributed by atoms with Gasteiger partial charge in [-0.1, -0.05) is 36.7 Å². The first-order valence-electron chi connectivity index (χ1n) is 9.91. The summed E-state index contributed by atoms with van der Waals surface area (Å²) >= 11 is 10.2. The van der Waals surface area contributed by atoms with Crippen LogP contribution in [-0.2, 0) is 12.8 Å². The third-order valence-corrected chi connectivity index (χ3v) is 7.46. The van der Waals surface area contributed by atoms with Crippen molar-refractivity contribution in [1.29, 1.82) is 0 Å². The monoisotopic (exact) mass is 523 g/mol. The fraction of sp³-hybridized carbons (Fsp3) is 0.409.